The van der Waals surface area contributed by atoms with Crippen LogP contribution >= 0.6 is 11.6 Å². The standard InChI is InChI=1S/C7H5ClF4N2O/c8-4-1-13-2-5(14-4)15-3-7(11,12)6(9)10/h1-2,6H,3H2. The fourth-order valence-electron chi connectivity index (χ4n) is 0.628. The number of halogens is 5. The van der Waals surface area contributed by atoms with Crippen molar-refractivity contribution in [1.29, 1.82) is 0 Å². The number of nitrogens with zero attached hydrogens (tertiary/aromatic N) is 2. The molecule has 0 spiro atoms. The quantitative estimate of drug-likeness (QED) is 0.763. The zero-order chi connectivity index (χ0) is 11.5. The van der Waals surface area contributed by atoms with Gasteiger partial charge in [-0.1, -0.05) is 11.6 Å². The third kappa shape index (κ3) is 3.50. The monoisotopic (exact) mass is 244 g/mol. The van der Waals surface area contributed by atoms with E-state index in [1.54, 1.807) is 0 Å². The summed E-state index contributed by atoms with van der Waals surface area (Å²) < 4.78 is 52.5. The van der Waals surface area contributed by atoms with Crippen molar-refractivity contribution in [2.45, 2.75) is 12.3 Å². The zero-order valence-electron chi connectivity index (χ0n) is 7.13. The van der Waals surface area contributed by atoms with Crippen LogP contribution in [-0.4, -0.2) is 28.9 Å². The molecule has 8 heteroatoms. The fourth-order valence-corrected chi connectivity index (χ4v) is 0.768. The Morgan fingerprint density at radius 3 is 2.60 bits per heavy atom. The molecule has 0 aromatic carbocycles. The highest BCUT2D eigenvalue weighted by atomic mass is 35.5. The van der Waals surface area contributed by atoms with Gasteiger partial charge in [0, 0.05) is 0 Å². The Morgan fingerprint density at radius 1 is 1.40 bits per heavy atom. The number of aromatic nitrogens is 2. The van der Waals surface area contributed by atoms with Crippen molar-refractivity contribution in [1.82, 2.24) is 9.97 Å². The molecule has 84 valence electrons. The Bertz CT molecular complexity index is 337. The van der Waals surface area contributed by atoms with Crippen LogP contribution in [0.25, 0.3) is 0 Å². The van der Waals surface area contributed by atoms with E-state index in [0.29, 0.717) is 0 Å². The van der Waals surface area contributed by atoms with E-state index in [2.05, 4.69) is 14.7 Å². The number of rotatable bonds is 4. The second-order valence-electron chi connectivity index (χ2n) is 2.53. The first kappa shape index (κ1) is 12.0. The lowest BCUT2D eigenvalue weighted by molar-refractivity contribution is -0.148. The summed E-state index contributed by atoms with van der Waals surface area (Å²) in [6, 6.07) is 0. The summed E-state index contributed by atoms with van der Waals surface area (Å²) in [6.07, 6.45) is -1.64. The summed E-state index contributed by atoms with van der Waals surface area (Å²) in [5, 5.41) is -0.0761. The van der Waals surface area contributed by atoms with Crippen molar-refractivity contribution in [2.75, 3.05) is 6.61 Å². The molecule has 0 aliphatic carbocycles. The normalized spacial score (nSPS) is 11.9. The highest BCUT2D eigenvalue weighted by Gasteiger charge is 2.41. The Balaban J connectivity index is 2.57. The highest BCUT2D eigenvalue weighted by molar-refractivity contribution is 6.29. The minimum Gasteiger partial charge on any atom is -0.470 e. The van der Waals surface area contributed by atoms with Gasteiger partial charge in [-0.05, 0) is 0 Å². The van der Waals surface area contributed by atoms with Crippen LogP contribution in [0.3, 0.4) is 0 Å². The average Bonchev–Trinajstić information content (AvgIpc) is 2.15. The summed E-state index contributed by atoms with van der Waals surface area (Å²) in [5.74, 6) is -4.55. The molecule has 1 rings (SSSR count). The van der Waals surface area contributed by atoms with Crippen molar-refractivity contribution in [3.63, 3.8) is 0 Å². The average molecular weight is 245 g/mol. The number of hydrogen-bond donors (Lipinski definition) is 0. The lowest BCUT2D eigenvalue weighted by Crippen LogP contribution is -2.33. The van der Waals surface area contributed by atoms with Crippen LogP contribution < -0.4 is 4.74 Å². The van der Waals surface area contributed by atoms with Gasteiger partial charge in [0.1, 0.15) is 0 Å². The molecule has 0 unspecified atom stereocenters. The molecule has 0 N–H and O–H groups in total. The lowest BCUT2D eigenvalue weighted by Gasteiger charge is -2.14. The van der Waals surface area contributed by atoms with E-state index in [4.69, 9.17) is 11.6 Å². The highest BCUT2D eigenvalue weighted by Crippen LogP contribution is 2.23. The molecule has 15 heavy (non-hydrogen) atoms. The summed E-state index contributed by atoms with van der Waals surface area (Å²) in [7, 11) is 0. The summed E-state index contributed by atoms with van der Waals surface area (Å²) in [5.41, 5.74) is 0. The lowest BCUT2D eigenvalue weighted by atomic mass is 10.4. The van der Waals surface area contributed by atoms with Gasteiger partial charge in [0.25, 0.3) is 0 Å². The Morgan fingerprint density at radius 2 is 2.07 bits per heavy atom. The van der Waals surface area contributed by atoms with Gasteiger partial charge in [-0.2, -0.15) is 13.8 Å². The van der Waals surface area contributed by atoms with Crippen LogP contribution in [0.15, 0.2) is 12.4 Å². The van der Waals surface area contributed by atoms with Crippen molar-refractivity contribution in [3.8, 4) is 5.88 Å². The van der Waals surface area contributed by atoms with Crippen molar-refractivity contribution in [2.24, 2.45) is 0 Å². The van der Waals surface area contributed by atoms with E-state index in [0.717, 1.165) is 12.4 Å². The minimum atomic E-state index is -4.22. The topological polar surface area (TPSA) is 35.0 Å². The molecule has 0 bridgehead atoms. The van der Waals surface area contributed by atoms with E-state index < -0.39 is 19.0 Å². The van der Waals surface area contributed by atoms with Crippen molar-refractivity contribution >= 4 is 11.6 Å². The van der Waals surface area contributed by atoms with E-state index >= 15 is 0 Å². The Hall–Kier alpha value is -1.11. The van der Waals surface area contributed by atoms with E-state index in [1.807, 2.05) is 0 Å². The molecule has 0 fully saturated rings. The first-order valence-electron chi connectivity index (χ1n) is 3.68. The van der Waals surface area contributed by atoms with Crippen LogP contribution in [0.2, 0.25) is 5.15 Å². The third-order valence-corrected chi connectivity index (χ3v) is 1.50. The van der Waals surface area contributed by atoms with Crippen LogP contribution in [0.5, 0.6) is 5.88 Å². The zero-order valence-corrected chi connectivity index (χ0v) is 7.89. The van der Waals surface area contributed by atoms with Crippen LogP contribution in [0.1, 0.15) is 0 Å². The molecular weight excluding hydrogens is 240 g/mol. The summed E-state index contributed by atoms with van der Waals surface area (Å²) in [6.45, 7) is -1.47. The molecule has 3 nitrogen and oxygen atoms in total. The SMILES string of the molecule is FC(F)C(F)(F)COc1cncc(Cl)n1. The molecule has 0 atom stereocenters. The van der Waals surface area contributed by atoms with Gasteiger partial charge in [-0.15, -0.1) is 0 Å². The van der Waals surface area contributed by atoms with Gasteiger partial charge < -0.3 is 4.74 Å². The second kappa shape index (κ2) is 4.61. The van der Waals surface area contributed by atoms with Crippen LogP contribution in [0.4, 0.5) is 17.6 Å². The molecule has 0 amide bonds. The maximum atomic E-state index is 12.4. The molecule has 0 saturated heterocycles. The minimum absolute atomic E-state index is 0.0761. The largest absolute Gasteiger partial charge is 0.470 e. The first-order valence-corrected chi connectivity index (χ1v) is 4.06. The maximum absolute atomic E-state index is 12.4. The molecule has 0 radical (unpaired) electrons. The van der Waals surface area contributed by atoms with Crippen LogP contribution in [0, 0.1) is 0 Å². The first-order chi connectivity index (χ1) is 6.92. The second-order valence-corrected chi connectivity index (χ2v) is 2.92. The molecule has 1 heterocycles. The fraction of sp³-hybridized carbons (Fsp3) is 0.429. The van der Waals surface area contributed by atoms with Gasteiger partial charge in [-0.3, -0.25) is 4.98 Å². The molecule has 1 aromatic heterocycles. The molecular formula is C7H5ClF4N2O. The van der Waals surface area contributed by atoms with Gasteiger partial charge >= 0.3 is 12.3 Å². The predicted molar refractivity (Wildman–Crippen MR) is 43.5 cm³/mol. The third-order valence-electron chi connectivity index (χ3n) is 1.31. The van der Waals surface area contributed by atoms with Crippen molar-refractivity contribution < 1.29 is 22.3 Å². The van der Waals surface area contributed by atoms with Gasteiger partial charge in [0.2, 0.25) is 5.88 Å². The predicted octanol–water partition coefficient (Wildman–Crippen LogP) is 2.41. The van der Waals surface area contributed by atoms with Crippen molar-refractivity contribution in [3.05, 3.63) is 17.5 Å². The molecule has 0 saturated carbocycles. The number of ether oxygens (including phenoxy) is 1. The Kier molecular flexibility index (Phi) is 3.67. The number of hydrogen-bond acceptors (Lipinski definition) is 3. The summed E-state index contributed by atoms with van der Waals surface area (Å²) in [4.78, 5) is 6.92. The smallest absolute Gasteiger partial charge is 0.340 e. The Labute approximate surface area is 87.0 Å². The number of alkyl halides is 4. The molecule has 0 aliphatic rings. The van der Waals surface area contributed by atoms with Crippen LogP contribution in [-0.2, 0) is 0 Å². The molecule has 0 aliphatic heterocycles. The van der Waals surface area contributed by atoms with E-state index in [-0.39, 0.29) is 11.0 Å². The molecule has 1 aromatic rings. The van der Waals surface area contributed by atoms with Gasteiger partial charge in [0.15, 0.2) is 11.8 Å². The summed E-state index contributed by atoms with van der Waals surface area (Å²) >= 11 is 5.37. The van der Waals surface area contributed by atoms with E-state index in [1.165, 1.54) is 0 Å². The van der Waals surface area contributed by atoms with Gasteiger partial charge in [0.05, 0.1) is 12.4 Å². The van der Waals surface area contributed by atoms with E-state index in [9.17, 15) is 17.6 Å². The van der Waals surface area contributed by atoms with Gasteiger partial charge in [-0.25, -0.2) is 8.78 Å². The maximum Gasteiger partial charge on any atom is 0.340 e.